The number of ether oxygens (including phenoxy) is 1. The third kappa shape index (κ3) is 2.81. The molecule has 0 aromatic heterocycles. The van der Waals surface area contributed by atoms with Gasteiger partial charge in [-0.1, -0.05) is 13.8 Å². The predicted octanol–water partition coefficient (Wildman–Crippen LogP) is 3.63. The van der Waals surface area contributed by atoms with Gasteiger partial charge in [-0.3, -0.25) is 0 Å². The fourth-order valence-corrected chi connectivity index (χ4v) is 2.98. The molecule has 0 spiro atoms. The molecule has 2 unspecified atom stereocenters. The standard InChI is InChI=1S/C14H20FIN2O/c1-4-19-13-7-12(14(13,2)3)18-11-5-8(15)9(16)6-10(11)17/h5-6,12-13,18H,4,7,17H2,1-3H3. The number of nitrogens with one attached hydrogen (secondary N) is 1. The number of nitrogens with two attached hydrogens (primary N) is 1. The summed E-state index contributed by atoms with van der Waals surface area (Å²) in [5.41, 5.74) is 7.22. The Morgan fingerprint density at radius 1 is 1.53 bits per heavy atom. The summed E-state index contributed by atoms with van der Waals surface area (Å²) in [6, 6.07) is 3.39. The summed E-state index contributed by atoms with van der Waals surface area (Å²) in [6.07, 6.45) is 1.18. The summed E-state index contributed by atoms with van der Waals surface area (Å²) in [4.78, 5) is 0. The van der Waals surface area contributed by atoms with E-state index in [1.165, 1.54) is 6.07 Å². The van der Waals surface area contributed by atoms with E-state index in [4.69, 9.17) is 10.5 Å². The molecule has 0 radical (unpaired) electrons. The minimum absolute atomic E-state index is 0.0297. The monoisotopic (exact) mass is 378 g/mol. The molecule has 1 fully saturated rings. The highest BCUT2D eigenvalue weighted by atomic mass is 127. The van der Waals surface area contributed by atoms with E-state index in [0.717, 1.165) is 13.0 Å². The van der Waals surface area contributed by atoms with Gasteiger partial charge in [0, 0.05) is 24.1 Å². The van der Waals surface area contributed by atoms with Crippen molar-refractivity contribution in [3.8, 4) is 0 Å². The van der Waals surface area contributed by atoms with E-state index in [9.17, 15) is 4.39 Å². The third-order valence-corrected chi connectivity index (χ3v) is 4.79. The zero-order valence-electron chi connectivity index (χ0n) is 11.5. The van der Waals surface area contributed by atoms with Gasteiger partial charge in [0.15, 0.2) is 0 Å². The lowest BCUT2D eigenvalue weighted by Gasteiger charge is -2.52. The molecule has 0 aliphatic heterocycles. The minimum Gasteiger partial charge on any atom is -0.397 e. The third-order valence-electron chi connectivity index (χ3n) is 3.97. The van der Waals surface area contributed by atoms with E-state index >= 15 is 0 Å². The molecule has 2 rings (SSSR count). The van der Waals surface area contributed by atoms with Crippen molar-refractivity contribution >= 4 is 34.0 Å². The molecule has 1 aromatic carbocycles. The van der Waals surface area contributed by atoms with Gasteiger partial charge < -0.3 is 15.8 Å². The van der Waals surface area contributed by atoms with Crippen molar-refractivity contribution in [1.29, 1.82) is 0 Å². The zero-order chi connectivity index (χ0) is 14.2. The van der Waals surface area contributed by atoms with Crippen molar-refractivity contribution in [2.45, 2.75) is 39.3 Å². The number of hydrogen-bond donors (Lipinski definition) is 2. The maximum absolute atomic E-state index is 13.6. The van der Waals surface area contributed by atoms with Gasteiger partial charge in [0.2, 0.25) is 0 Å². The van der Waals surface area contributed by atoms with Gasteiger partial charge in [0.25, 0.3) is 0 Å². The number of anilines is 2. The fraction of sp³-hybridized carbons (Fsp3) is 0.571. The summed E-state index contributed by atoms with van der Waals surface area (Å²) < 4.78 is 19.8. The molecule has 1 saturated carbocycles. The van der Waals surface area contributed by atoms with Crippen molar-refractivity contribution in [3.63, 3.8) is 0 Å². The van der Waals surface area contributed by atoms with Crippen LogP contribution in [0.3, 0.4) is 0 Å². The average Bonchev–Trinajstić information content (AvgIpc) is 2.34. The minimum atomic E-state index is -0.240. The van der Waals surface area contributed by atoms with E-state index in [2.05, 4.69) is 19.2 Å². The fourth-order valence-electron chi connectivity index (χ4n) is 2.49. The second kappa shape index (κ2) is 5.44. The average molecular weight is 378 g/mol. The molecule has 0 saturated heterocycles. The molecule has 1 aliphatic rings. The number of nitrogen functional groups attached to an aromatic ring is 1. The molecule has 106 valence electrons. The lowest BCUT2D eigenvalue weighted by molar-refractivity contribution is -0.0975. The van der Waals surface area contributed by atoms with E-state index in [0.29, 0.717) is 14.9 Å². The van der Waals surface area contributed by atoms with Gasteiger partial charge in [0.05, 0.1) is 21.0 Å². The van der Waals surface area contributed by atoms with Crippen molar-refractivity contribution in [2.75, 3.05) is 17.7 Å². The second-order valence-electron chi connectivity index (χ2n) is 5.55. The van der Waals surface area contributed by atoms with Gasteiger partial charge in [0.1, 0.15) is 5.82 Å². The first-order valence-electron chi connectivity index (χ1n) is 6.49. The van der Waals surface area contributed by atoms with Gasteiger partial charge in [-0.25, -0.2) is 4.39 Å². The Kier molecular flexibility index (Phi) is 4.25. The van der Waals surface area contributed by atoms with E-state index in [-0.39, 0.29) is 23.4 Å². The Bertz CT molecular complexity index is 479. The van der Waals surface area contributed by atoms with Crippen molar-refractivity contribution in [2.24, 2.45) is 5.41 Å². The van der Waals surface area contributed by atoms with E-state index < -0.39 is 0 Å². The Morgan fingerprint density at radius 3 is 2.79 bits per heavy atom. The maximum atomic E-state index is 13.6. The highest BCUT2D eigenvalue weighted by Gasteiger charge is 2.49. The quantitative estimate of drug-likeness (QED) is 0.622. The number of halogens is 2. The predicted molar refractivity (Wildman–Crippen MR) is 84.8 cm³/mol. The normalized spacial score (nSPS) is 24.9. The molecular weight excluding hydrogens is 358 g/mol. The molecule has 19 heavy (non-hydrogen) atoms. The van der Waals surface area contributed by atoms with Crippen LogP contribution in [0.4, 0.5) is 15.8 Å². The lowest BCUT2D eigenvalue weighted by atomic mass is 9.64. The van der Waals surface area contributed by atoms with Gasteiger partial charge in [-0.15, -0.1) is 0 Å². The molecule has 0 heterocycles. The second-order valence-corrected chi connectivity index (χ2v) is 6.71. The molecule has 3 N–H and O–H groups in total. The van der Waals surface area contributed by atoms with Crippen LogP contribution in [0.1, 0.15) is 27.2 Å². The molecule has 3 nitrogen and oxygen atoms in total. The molecule has 0 amide bonds. The Morgan fingerprint density at radius 2 is 2.21 bits per heavy atom. The van der Waals surface area contributed by atoms with E-state index in [1.807, 2.05) is 29.5 Å². The van der Waals surface area contributed by atoms with Crippen LogP contribution in [0.2, 0.25) is 0 Å². The first kappa shape index (κ1) is 14.8. The summed E-state index contributed by atoms with van der Waals surface area (Å²) in [7, 11) is 0. The Balaban J connectivity index is 2.09. The molecule has 2 atom stereocenters. The lowest BCUT2D eigenvalue weighted by Crippen LogP contribution is -2.58. The van der Waals surface area contributed by atoms with Gasteiger partial charge >= 0.3 is 0 Å². The highest BCUT2D eigenvalue weighted by Crippen LogP contribution is 2.45. The summed E-state index contributed by atoms with van der Waals surface area (Å²) in [5, 5.41) is 3.35. The zero-order valence-corrected chi connectivity index (χ0v) is 13.6. The van der Waals surface area contributed by atoms with Crippen molar-refractivity contribution in [3.05, 3.63) is 21.5 Å². The van der Waals surface area contributed by atoms with Crippen LogP contribution in [0.15, 0.2) is 12.1 Å². The van der Waals surface area contributed by atoms with Crippen LogP contribution >= 0.6 is 22.6 Å². The molecule has 5 heteroatoms. The van der Waals surface area contributed by atoms with Crippen molar-refractivity contribution in [1.82, 2.24) is 0 Å². The van der Waals surface area contributed by atoms with Gasteiger partial charge in [-0.05, 0) is 42.0 Å². The number of benzene rings is 1. The first-order valence-corrected chi connectivity index (χ1v) is 7.56. The maximum Gasteiger partial charge on any atom is 0.138 e. The summed E-state index contributed by atoms with van der Waals surface area (Å²) >= 11 is 1.94. The van der Waals surface area contributed by atoms with Crippen LogP contribution < -0.4 is 11.1 Å². The van der Waals surface area contributed by atoms with E-state index in [1.54, 1.807) is 6.07 Å². The molecule has 1 aromatic rings. The van der Waals surface area contributed by atoms with Crippen LogP contribution in [0, 0.1) is 14.8 Å². The molecular formula is C14H20FIN2O. The van der Waals surface area contributed by atoms with Crippen LogP contribution in [-0.2, 0) is 4.74 Å². The summed E-state index contributed by atoms with van der Waals surface area (Å²) in [5.74, 6) is -0.240. The smallest absolute Gasteiger partial charge is 0.138 e. The number of rotatable bonds is 4. The largest absolute Gasteiger partial charge is 0.397 e. The number of hydrogen-bond acceptors (Lipinski definition) is 3. The first-order chi connectivity index (χ1) is 8.86. The SMILES string of the molecule is CCOC1CC(Nc2cc(F)c(I)cc2N)C1(C)C. The molecule has 1 aliphatic carbocycles. The highest BCUT2D eigenvalue weighted by molar-refractivity contribution is 14.1. The molecule has 0 bridgehead atoms. The Labute approximate surface area is 127 Å². The van der Waals surface area contributed by atoms with Crippen LogP contribution in [0.25, 0.3) is 0 Å². The van der Waals surface area contributed by atoms with Crippen molar-refractivity contribution < 1.29 is 9.13 Å². The van der Waals surface area contributed by atoms with Crippen LogP contribution in [0.5, 0.6) is 0 Å². The summed E-state index contributed by atoms with van der Waals surface area (Å²) in [6.45, 7) is 7.05. The van der Waals surface area contributed by atoms with Gasteiger partial charge in [-0.2, -0.15) is 0 Å². The topological polar surface area (TPSA) is 47.3 Å². The van der Waals surface area contributed by atoms with Crippen LogP contribution in [-0.4, -0.2) is 18.8 Å². The Hall–Kier alpha value is -0.560.